The smallest absolute Gasteiger partial charge is 0.255 e. The van der Waals surface area contributed by atoms with Crippen LogP contribution in [0.3, 0.4) is 0 Å². The first-order valence-electron chi connectivity index (χ1n) is 9.97. The molecule has 4 aromatic rings. The Labute approximate surface area is 182 Å². The van der Waals surface area contributed by atoms with Crippen LogP contribution < -0.4 is 5.32 Å². The highest BCUT2D eigenvalue weighted by Crippen LogP contribution is 2.36. The maximum Gasteiger partial charge on any atom is 0.255 e. The van der Waals surface area contributed by atoms with Crippen molar-refractivity contribution in [3.8, 4) is 23.2 Å². The number of carbonyl (C=O) groups excluding carboxylic acids is 1. The Hall–Kier alpha value is -3.83. The van der Waals surface area contributed by atoms with E-state index >= 15 is 0 Å². The highest BCUT2D eigenvalue weighted by Gasteiger charge is 2.21. The Balaban J connectivity index is 1.29. The summed E-state index contributed by atoms with van der Waals surface area (Å²) >= 11 is 1.59. The van der Waals surface area contributed by atoms with E-state index in [0.29, 0.717) is 28.6 Å². The van der Waals surface area contributed by atoms with Crippen molar-refractivity contribution in [2.45, 2.75) is 25.2 Å². The number of nitrogens with zero attached hydrogens (tertiary/aromatic N) is 4. The lowest BCUT2D eigenvalue weighted by Gasteiger charge is -2.22. The number of thiazole rings is 1. The molecule has 0 radical (unpaired) electrons. The second-order valence-electron chi connectivity index (χ2n) is 7.31. The van der Waals surface area contributed by atoms with Crippen molar-refractivity contribution in [3.05, 3.63) is 75.7 Å². The number of aromatic amines is 1. The molecule has 0 unspecified atom stereocenters. The van der Waals surface area contributed by atoms with Crippen LogP contribution in [-0.4, -0.2) is 31.5 Å². The van der Waals surface area contributed by atoms with Gasteiger partial charge in [-0.1, -0.05) is 30.5 Å². The summed E-state index contributed by atoms with van der Waals surface area (Å²) in [7, 11) is 0. The molecule has 0 bridgehead atoms. The van der Waals surface area contributed by atoms with Crippen molar-refractivity contribution in [2.75, 3.05) is 5.32 Å². The fourth-order valence-electron chi connectivity index (χ4n) is 3.32. The molecule has 2 aromatic heterocycles. The molecule has 0 saturated heterocycles. The van der Waals surface area contributed by atoms with Gasteiger partial charge in [-0.15, -0.1) is 21.5 Å². The number of anilines is 1. The van der Waals surface area contributed by atoms with E-state index < -0.39 is 0 Å². The van der Waals surface area contributed by atoms with Crippen LogP contribution >= 0.6 is 11.3 Å². The molecule has 1 aliphatic rings. The van der Waals surface area contributed by atoms with Crippen LogP contribution in [0, 0.1) is 11.8 Å². The highest BCUT2D eigenvalue weighted by molar-refractivity contribution is 7.10. The van der Waals surface area contributed by atoms with Crippen LogP contribution in [0.5, 0.6) is 0 Å². The summed E-state index contributed by atoms with van der Waals surface area (Å²) < 4.78 is 0. The SMILES string of the molecule is O=C(Nc1cccc(C#Cc2nc(C3CCC3)cs2)c1)c1cccc(-c2nn[nH]n2)c1. The van der Waals surface area contributed by atoms with E-state index in [2.05, 4.69) is 48.1 Å². The second-order valence-corrected chi connectivity index (χ2v) is 8.16. The van der Waals surface area contributed by atoms with Gasteiger partial charge in [0.25, 0.3) is 5.91 Å². The summed E-state index contributed by atoms with van der Waals surface area (Å²) in [6.07, 6.45) is 3.76. The highest BCUT2D eigenvalue weighted by atomic mass is 32.1. The van der Waals surface area contributed by atoms with Gasteiger partial charge in [0.2, 0.25) is 5.82 Å². The lowest BCUT2D eigenvalue weighted by Crippen LogP contribution is -2.12. The summed E-state index contributed by atoms with van der Waals surface area (Å²) in [6, 6.07) is 14.6. The number of aromatic nitrogens is 5. The number of amides is 1. The third kappa shape index (κ3) is 4.37. The number of carbonyl (C=O) groups is 1. The summed E-state index contributed by atoms with van der Waals surface area (Å²) in [5, 5.41) is 19.7. The first kappa shape index (κ1) is 19.2. The maximum absolute atomic E-state index is 12.7. The van der Waals surface area contributed by atoms with Gasteiger partial charge in [-0.25, -0.2) is 4.98 Å². The number of tetrazole rings is 1. The van der Waals surface area contributed by atoms with E-state index in [1.165, 1.54) is 25.0 Å². The number of rotatable bonds is 4. The van der Waals surface area contributed by atoms with Crippen LogP contribution in [0.4, 0.5) is 5.69 Å². The van der Waals surface area contributed by atoms with Crippen molar-refractivity contribution in [1.82, 2.24) is 25.6 Å². The molecule has 1 aliphatic carbocycles. The molecule has 152 valence electrons. The largest absolute Gasteiger partial charge is 0.322 e. The van der Waals surface area contributed by atoms with Gasteiger partial charge in [-0.3, -0.25) is 4.79 Å². The quantitative estimate of drug-likeness (QED) is 0.476. The zero-order chi connectivity index (χ0) is 21.0. The summed E-state index contributed by atoms with van der Waals surface area (Å²) in [6.45, 7) is 0. The number of H-pyrrole nitrogens is 1. The van der Waals surface area contributed by atoms with Crippen molar-refractivity contribution >= 4 is 22.9 Å². The number of hydrogen-bond acceptors (Lipinski definition) is 6. The average molecular weight is 427 g/mol. The molecule has 0 aliphatic heterocycles. The first-order valence-corrected chi connectivity index (χ1v) is 10.9. The molecule has 31 heavy (non-hydrogen) atoms. The predicted molar refractivity (Wildman–Crippen MR) is 119 cm³/mol. The van der Waals surface area contributed by atoms with E-state index in [-0.39, 0.29) is 5.91 Å². The minimum atomic E-state index is -0.222. The Kier molecular flexibility index (Phi) is 5.25. The van der Waals surface area contributed by atoms with Crippen LogP contribution in [0.2, 0.25) is 0 Å². The molecule has 2 N–H and O–H groups in total. The number of nitrogens with one attached hydrogen (secondary N) is 2. The van der Waals surface area contributed by atoms with Crippen LogP contribution in [0.15, 0.2) is 53.9 Å². The molecule has 2 heterocycles. The summed E-state index contributed by atoms with van der Waals surface area (Å²) in [5.41, 5.74) is 3.88. The average Bonchev–Trinajstić information content (AvgIpc) is 3.44. The molecule has 1 amide bonds. The Morgan fingerprint density at radius 3 is 2.84 bits per heavy atom. The second kappa shape index (κ2) is 8.50. The van der Waals surface area contributed by atoms with Gasteiger partial charge in [-0.05, 0) is 54.3 Å². The van der Waals surface area contributed by atoms with Gasteiger partial charge < -0.3 is 5.32 Å². The fourth-order valence-corrected chi connectivity index (χ4v) is 4.07. The third-order valence-corrected chi connectivity index (χ3v) is 5.98. The van der Waals surface area contributed by atoms with E-state index in [0.717, 1.165) is 10.6 Å². The Morgan fingerprint density at radius 1 is 1.13 bits per heavy atom. The molecule has 1 saturated carbocycles. The molecular formula is C23H18N6OS. The maximum atomic E-state index is 12.7. The van der Waals surface area contributed by atoms with Crippen molar-refractivity contribution < 1.29 is 4.79 Å². The van der Waals surface area contributed by atoms with Gasteiger partial charge in [0, 0.05) is 33.7 Å². The monoisotopic (exact) mass is 426 g/mol. The van der Waals surface area contributed by atoms with E-state index in [1.54, 1.807) is 29.5 Å². The van der Waals surface area contributed by atoms with Gasteiger partial charge in [0.15, 0.2) is 5.01 Å². The lowest BCUT2D eigenvalue weighted by molar-refractivity contribution is 0.102. The topological polar surface area (TPSA) is 96.5 Å². The fraction of sp³-hybridized carbons (Fsp3) is 0.174. The molecule has 8 heteroatoms. The summed E-state index contributed by atoms with van der Waals surface area (Å²) in [5.74, 6) is 7.12. The normalized spacial score (nSPS) is 13.2. The molecule has 5 rings (SSSR count). The molecule has 0 spiro atoms. The Morgan fingerprint density at radius 2 is 2.03 bits per heavy atom. The van der Waals surface area contributed by atoms with Crippen molar-refractivity contribution in [2.24, 2.45) is 0 Å². The van der Waals surface area contributed by atoms with E-state index in [4.69, 9.17) is 0 Å². The molecular weight excluding hydrogens is 408 g/mol. The molecule has 0 atom stereocenters. The molecule has 7 nitrogen and oxygen atoms in total. The van der Waals surface area contributed by atoms with Gasteiger partial charge >= 0.3 is 0 Å². The van der Waals surface area contributed by atoms with Gasteiger partial charge in [0.1, 0.15) is 0 Å². The van der Waals surface area contributed by atoms with Gasteiger partial charge in [0.05, 0.1) is 5.69 Å². The minimum Gasteiger partial charge on any atom is -0.322 e. The molecule has 2 aromatic carbocycles. The number of hydrogen-bond donors (Lipinski definition) is 2. The Bertz CT molecular complexity index is 1280. The van der Waals surface area contributed by atoms with Crippen molar-refractivity contribution in [3.63, 3.8) is 0 Å². The third-order valence-electron chi connectivity index (χ3n) is 5.21. The zero-order valence-corrected chi connectivity index (χ0v) is 17.3. The number of benzene rings is 2. The van der Waals surface area contributed by atoms with E-state index in [1.807, 2.05) is 30.3 Å². The standard InChI is InChI=1S/C23H18N6OS/c30-23(18-8-3-7-17(13-18)22-26-28-29-27-22)24-19-9-1-4-15(12-19)10-11-21-25-20(14-31-21)16-5-2-6-16/h1,3-4,7-9,12-14,16H,2,5-6H2,(H,24,30)(H,26,27,28,29). The van der Waals surface area contributed by atoms with Gasteiger partial charge in [-0.2, -0.15) is 5.21 Å². The predicted octanol–water partition coefficient (Wildman–Crippen LogP) is 4.24. The lowest BCUT2D eigenvalue weighted by atomic mass is 9.83. The minimum absolute atomic E-state index is 0.222. The van der Waals surface area contributed by atoms with Crippen LogP contribution in [0.1, 0.15) is 51.8 Å². The van der Waals surface area contributed by atoms with Crippen molar-refractivity contribution in [1.29, 1.82) is 0 Å². The van der Waals surface area contributed by atoms with E-state index in [9.17, 15) is 4.79 Å². The first-order chi connectivity index (χ1) is 15.2. The zero-order valence-electron chi connectivity index (χ0n) is 16.5. The van der Waals surface area contributed by atoms with Crippen LogP contribution in [-0.2, 0) is 0 Å². The van der Waals surface area contributed by atoms with Crippen LogP contribution in [0.25, 0.3) is 11.4 Å². The summed E-state index contributed by atoms with van der Waals surface area (Å²) in [4.78, 5) is 17.4. The molecule has 1 fully saturated rings.